The van der Waals surface area contributed by atoms with E-state index in [4.69, 9.17) is 9.47 Å². The number of benzene rings is 1. The van der Waals surface area contributed by atoms with Crippen molar-refractivity contribution in [3.63, 3.8) is 0 Å². The standard InChI is InChI=1S/C28H45N3O7/c1-7-9-10-13-18-31(26(35)22(19-32)30-27(36)38-28(4,5)6)24(21-15-12-11-14-20(21)3)25(34)29-17-16-23(33)37-8-2/h11-12,14-15,22,24,32H,7-10,13,16-19H2,1-6H3,(H,29,34)(H,30,36). The zero-order chi connectivity index (χ0) is 28.7. The largest absolute Gasteiger partial charge is 0.466 e. The summed E-state index contributed by atoms with van der Waals surface area (Å²) >= 11 is 0. The van der Waals surface area contributed by atoms with Crippen LogP contribution in [0.25, 0.3) is 0 Å². The van der Waals surface area contributed by atoms with Gasteiger partial charge < -0.3 is 30.1 Å². The highest BCUT2D eigenvalue weighted by molar-refractivity contribution is 5.92. The van der Waals surface area contributed by atoms with Gasteiger partial charge in [-0.15, -0.1) is 0 Å². The Hall–Kier alpha value is -3.14. The van der Waals surface area contributed by atoms with Crippen LogP contribution in [0.3, 0.4) is 0 Å². The van der Waals surface area contributed by atoms with Crippen molar-refractivity contribution in [2.75, 3.05) is 26.3 Å². The number of hydrogen-bond acceptors (Lipinski definition) is 7. The number of ether oxygens (including phenoxy) is 2. The van der Waals surface area contributed by atoms with Crippen molar-refractivity contribution < 1.29 is 33.8 Å². The molecule has 3 N–H and O–H groups in total. The molecule has 10 nitrogen and oxygen atoms in total. The van der Waals surface area contributed by atoms with Crippen LogP contribution >= 0.6 is 0 Å². The Balaban J connectivity index is 3.33. The van der Waals surface area contributed by atoms with Gasteiger partial charge in [-0.2, -0.15) is 0 Å². The third kappa shape index (κ3) is 11.5. The van der Waals surface area contributed by atoms with Gasteiger partial charge in [0.25, 0.3) is 0 Å². The molecule has 0 saturated heterocycles. The van der Waals surface area contributed by atoms with Gasteiger partial charge in [-0.1, -0.05) is 50.5 Å². The van der Waals surface area contributed by atoms with Crippen molar-refractivity contribution in [3.05, 3.63) is 35.4 Å². The van der Waals surface area contributed by atoms with Crippen LogP contribution in [0.15, 0.2) is 24.3 Å². The number of carbonyl (C=O) groups is 4. The predicted octanol–water partition coefficient (Wildman–Crippen LogP) is 3.40. The van der Waals surface area contributed by atoms with Crippen LogP contribution in [-0.4, -0.2) is 71.8 Å². The summed E-state index contributed by atoms with van der Waals surface area (Å²) in [5.41, 5.74) is 0.610. The van der Waals surface area contributed by atoms with E-state index >= 15 is 0 Å². The van der Waals surface area contributed by atoms with E-state index in [1.807, 2.05) is 19.1 Å². The summed E-state index contributed by atoms with van der Waals surface area (Å²) in [5.74, 6) is -1.51. The van der Waals surface area contributed by atoms with Crippen LogP contribution < -0.4 is 10.6 Å². The van der Waals surface area contributed by atoms with Crippen LogP contribution in [0.1, 0.15) is 83.9 Å². The molecule has 0 aliphatic heterocycles. The summed E-state index contributed by atoms with van der Waals surface area (Å²) in [6, 6.07) is 4.88. The molecule has 0 radical (unpaired) electrons. The van der Waals surface area contributed by atoms with Gasteiger partial charge in [0.2, 0.25) is 11.8 Å². The minimum Gasteiger partial charge on any atom is -0.466 e. The Morgan fingerprint density at radius 3 is 2.32 bits per heavy atom. The molecular formula is C28H45N3O7. The molecule has 10 heteroatoms. The van der Waals surface area contributed by atoms with Gasteiger partial charge in [0.05, 0.1) is 19.6 Å². The van der Waals surface area contributed by atoms with Crippen molar-refractivity contribution in [2.45, 2.75) is 91.3 Å². The predicted molar refractivity (Wildman–Crippen MR) is 144 cm³/mol. The van der Waals surface area contributed by atoms with Gasteiger partial charge in [-0.25, -0.2) is 4.79 Å². The minimum absolute atomic E-state index is 0.00994. The Bertz CT molecular complexity index is 914. The maximum atomic E-state index is 13.8. The molecule has 1 rings (SSSR count). The molecule has 0 aliphatic carbocycles. The lowest BCUT2D eigenvalue weighted by Crippen LogP contribution is -2.54. The maximum Gasteiger partial charge on any atom is 0.408 e. The van der Waals surface area contributed by atoms with E-state index in [1.165, 1.54) is 4.90 Å². The second kappa shape index (κ2) is 16.7. The average Bonchev–Trinajstić information content (AvgIpc) is 2.84. The number of unbranched alkanes of at least 4 members (excludes halogenated alkanes) is 3. The van der Waals surface area contributed by atoms with Gasteiger partial charge in [0, 0.05) is 13.1 Å². The van der Waals surface area contributed by atoms with E-state index in [1.54, 1.807) is 39.8 Å². The molecule has 0 heterocycles. The van der Waals surface area contributed by atoms with Crippen LogP contribution in [0.5, 0.6) is 0 Å². The summed E-state index contributed by atoms with van der Waals surface area (Å²) < 4.78 is 10.2. The number of nitrogens with zero attached hydrogens (tertiary/aromatic N) is 1. The molecule has 0 aliphatic rings. The molecule has 0 fully saturated rings. The Morgan fingerprint density at radius 1 is 1.05 bits per heavy atom. The first-order chi connectivity index (χ1) is 17.9. The number of alkyl carbamates (subject to hydrolysis) is 1. The lowest BCUT2D eigenvalue weighted by molar-refractivity contribution is -0.144. The molecule has 2 atom stereocenters. The van der Waals surface area contributed by atoms with Crippen molar-refractivity contribution in [3.8, 4) is 0 Å². The third-order valence-electron chi connectivity index (χ3n) is 5.68. The highest BCUT2D eigenvalue weighted by Crippen LogP contribution is 2.26. The first-order valence-electron chi connectivity index (χ1n) is 13.3. The smallest absolute Gasteiger partial charge is 0.408 e. The molecule has 2 unspecified atom stereocenters. The number of hydrogen-bond donors (Lipinski definition) is 3. The monoisotopic (exact) mass is 535 g/mol. The molecular weight excluding hydrogens is 490 g/mol. The summed E-state index contributed by atoms with van der Waals surface area (Å²) in [4.78, 5) is 52.9. The summed E-state index contributed by atoms with van der Waals surface area (Å²) in [5, 5.41) is 15.2. The third-order valence-corrected chi connectivity index (χ3v) is 5.68. The first kappa shape index (κ1) is 32.9. The topological polar surface area (TPSA) is 134 Å². The second-order valence-electron chi connectivity index (χ2n) is 10.1. The number of carbonyl (C=O) groups excluding carboxylic acids is 4. The fourth-order valence-corrected chi connectivity index (χ4v) is 3.87. The molecule has 3 amide bonds. The number of rotatable bonds is 15. The Morgan fingerprint density at radius 2 is 1.74 bits per heavy atom. The number of aryl methyl sites for hydroxylation is 1. The second-order valence-corrected chi connectivity index (χ2v) is 10.1. The Labute approximate surface area is 226 Å². The maximum absolute atomic E-state index is 13.8. The van der Waals surface area contributed by atoms with E-state index in [0.717, 1.165) is 24.8 Å². The average molecular weight is 536 g/mol. The van der Waals surface area contributed by atoms with E-state index in [-0.39, 0.29) is 26.1 Å². The van der Waals surface area contributed by atoms with Crippen molar-refractivity contribution in [1.29, 1.82) is 0 Å². The molecule has 1 aromatic carbocycles. The fourth-order valence-electron chi connectivity index (χ4n) is 3.87. The zero-order valence-electron chi connectivity index (χ0n) is 23.7. The first-order valence-corrected chi connectivity index (χ1v) is 13.3. The van der Waals surface area contributed by atoms with Crippen LogP contribution in [0.4, 0.5) is 4.79 Å². The van der Waals surface area contributed by atoms with Crippen LogP contribution in [-0.2, 0) is 23.9 Å². The van der Waals surface area contributed by atoms with Gasteiger partial charge in [0.1, 0.15) is 17.7 Å². The molecule has 0 aromatic heterocycles. The number of aliphatic hydroxyl groups excluding tert-OH is 1. The highest BCUT2D eigenvalue weighted by Gasteiger charge is 2.36. The molecule has 0 spiro atoms. The lowest BCUT2D eigenvalue weighted by Gasteiger charge is -2.34. The van der Waals surface area contributed by atoms with Gasteiger partial charge in [-0.05, 0) is 52.2 Å². The SMILES string of the molecule is CCCCCCN(C(=O)C(CO)NC(=O)OC(C)(C)C)C(C(=O)NCCC(=O)OCC)c1ccccc1C. The number of amides is 3. The number of esters is 1. The molecule has 38 heavy (non-hydrogen) atoms. The van der Waals surface area contributed by atoms with Gasteiger partial charge in [-0.3, -0.25) is 14.4 Å². The molecule has 1 aromatic rings. The van der Waals surface area contributed by atoms with Crippen molar-refractivity contribution in [1.82, 2.24) is 15.5 Å². The number of nitrogens with one attached hydrogen (secondary N) is 2. The molecule has 0 saturated carbocycles. The van der Waals surface area contributed by atoms with Crippen molar-refractivity contribution >= 4 is 23.9 Å². The minimum atomic E-state index is -1.31. The summed E-state index contributed by atoms with van der Waals surface area (Å²) in [6.07, 6.45) is 2.56. The summed E-state index contributed by atoms with van der Waals surface area (Å²) in [6.45, 7) is 10.5. The number of aliphatic hydroxyl groups is 1. The molecule has 214 valence electrons. The Kier molecular flexibility index (Phi) is 14.4. The van der Waals surface area contributed by atoms with E-state index in [0.29, 0.717) is 12.0 Å². The normalized spacial score (nSPS) is 12.7. The van der Waals surface area contributed by atoms with E-state index in [2.05, 4.69) is 17.6 Å². The van der Waals surface area contributed by atoms with Crippen molar-refractivity contribution in [2.24, 2.45) is 0 Å². The lowest BCUT2D eigenvalue weighted by atomic mass is 9.97. The fraction of sp³-hybridized carbons (Fsp3) is 0.643. The van der Waals surface area contributed by atoms with Gasteiger partial charge in [0.15, 0.2) is 0 Å². The highest BCUT2D eigenvalue weighted by atomic mass is 16.6. The zero-order valence-corrected chi connectivity index (χ0v) is 23.7. The summed E-state index contributed by atoms with van der Waals surface area (Å²) in [7, 11) is 0. The van der Waals surface area contributed by atoms with Gasteiger partial charge >= 0.3 is 12.1 Å². The van der Waals surface area contributed by atoms with Crippen LogP contribution in [0.2, 0.25) is 0 Å². The van der Waals surface area contributed by atoms with E-state index < -0.39 is 48.2 Å². The molecule has 0 bridgehead atoms. The quantitative estimate of drug-likeness (QED) is 0.231. The van der Waals surface area contributed by atoms with Crippen LogP contribution in [0, 0.1) is 6.92 Å². The van der Waals surface area contributed by atoms with E-state index in [9.17, 15) is 24.3 Å².